The van der Waals surface area contributed by atoms with E-state index in [-0.39, 0.29) is 22.7 Å². The Morgan fingerprint density at radius 3 is 2.39 bits per heavy atom. The van der Waals surface area contributed by atoms with Gasteiger partial charge in [-0.25, -0.2) is 4.68 Å². The molecule has 2 N–H and O–H groups in total. The van der Waals surface area contributed by atoms with Crippen LogP contribution in [0.15, 0.2) is 75.6 Å². The monoisotopic (exact) mass is 431 g/mol. The van der Waals surface area contributed by atoms with Crippen molar-refractivity contribution >= 4 is 23.4 Å². The van der Waals surface area contributed by atoms with Gasteiger partial charge in [0.25, 0.3) is 5.56 Å². The van der Waals surface area contributed by atoms with Crippen LogP contribution in [0, 0.1) is 5.41 Å². The lowest BCUT2D eigenvalue weighted by Crippen LogP contribution is -2.35. The third-order valence-corrected chi connectivity index (χ3v) is 6.91. The second-order valence-electron chi connectivity index (χ2n) is 9.04. The summed E-state index contributed by atoms with van der Waals surface area (Å²) in [6.07, 6.45) is 3.29. The van der Waals surface area contributed by atoms with Crippen LogP contribution < -0.4 is 10.9 Å². The van der Waals surface area contributed by atoms with Crippen molar-refractivity contribution in [2.24, 2.45) is 5.41 Å². The average Bonchev–Trinajstić information content (AvgIpc) is 3.08. The molecule has 2 aliphatic rings. The molecule has 0 saturated heterocycles. The van der Waals surface area contributed by atoms with Gasteiger partial charge in [0.2, 0.25) is 0 Å². The molecule has 158 valence electrons. The van der Waals surface area contributed by atoms with E-state index in [9.17, 15) is 9.59 Å². The maximum Gasteiger partial charge on any atom is 0.277 e. The molecule has 0 amide bonds. The number of aromatic nitrogens is 2. The van der Waals surface area contributed by atoms with Crippen molar-refractivity contribution < 1.29 is 4.79 Å². The molecule has 2 aromatic carbocycles. The Morgan fingerprint density at radius 1 is 1.00 bits per heavy atom. The number of nitrogens with zero attached hydrogens (tertiary/aromatic N) is 1. The number of Topliss-reactive ketones (excluding diaryl/α,β-unsaturated/α-hetero) is 1. The Bertz CT molecular complexity index is 1250. The van der Waals surface area contributed by atoms with Crippen LogP contribution in [0.1, 0.15) is 43.7 Å². The minimum Gasteiger partial charge on any atom is -0.343 e. The quantitative estimate of drug-likeness (QED) is 0.567. The summed E-state index contributed by atoms with van der Waals surface area (Å²) in [5.74, 6) is 0.423. The third kappa shape index (κ3) is 3.35. The molecule has 0 fully saturated rings. The molecule has 1 unspecified atom stereocenters. The maximum absolute atomic E-state index is 13.6. The smallest absolute Gasteiger partial charge is 0.277 e. The molecule has 1 aliphatic heterocycles. The van der Waals surface area contributed by atoms with Crippen LogP contribution in [-0.2, 0) is 4.79 Å². The van der Waals surface area contributed by atoms with Crippen LogP contribution in [0.3, 0.4) is 0 Å². The number of hydrogen-bond donors (Lipinski definition) is 2. The second-order valence-corrected chi connectivity index (χ2v) is 9.92. The zero-order chi connectivity index (χ0) is 21.8. The van der Waals surface area contributed by atoms with E-state index in [4.69, 9.17) is 0 Å². The second kappa shape index (κ2) is 7.31. The Hall–Kier alpha value is -2.99. The highest BCUT2D eigenvalue weighted by Crippen LogP contribution is 2.47. The van der Waals surface area contributed by atoms with Crippen molar-refractivity contribution in [3.8, 4) is 5.69 Å². The number of aromatic amines is 1. The van der Waals surface area contributed by atoms with Gasteiger partial charge in [-0.05, 0) is 47.9 Å². The Balaban J connectivity index is 1.73. The van der Waals surface area contributed by atoms with E-state index in [0.717, 1.165) is 33.8 Å². The lowest BCUT2D eigenvalue weighted by molar-refractivity contribution is -0.118. The highest BCUT2D eigenvalue weighted by Gasteiger charge is 2.42. The van der Waals surface area contributed by atoms with E-state index in [0.29, 0.717) is 17.8 Å². The lowest BCUT2D eigenvalue weighted by atomic mass is 9.69. The van der Waals surface area contributed by atoms with Crippen molar-refractivity contribution in [2.45, 2.75) is 37.5 Å². The number of carbonyl (C=O) groups is 1. The Morgan fingerprint density at radius 2 is 1.71 bits per heavy atom. The molecule has 6 heteroatoms. The van der Waals surface area contributed by atoms with Gasteiger partial charge >= 0.3 is 0 Å². The molecular formula is C25H25N3O2S. The summed E-state index contributed by atoms with van der Waals surface area (Å²) in [7, 11) is 0. The molecule has 0 radical (unpaired) electrons. The van der Waals surface area contributed by atoms with Gasteiger partial charge in [0.05, 0.1) is 11.3 Å². The van der Waals surface area contributed by atoms with Crippen LogP contribution in [0.2, 0.25) is 0 Å². The molecule has 1 aromatic heterocycles. The number of thioether (sulfide) groups is 1. The fourth-order valence-electron chi connectivity index (χ4n) is 4.78. The van der Waals surface area contributed by atoms with Gasteiger partial charge in [0.15, 0.2) is 5.78 Å². The first-order valence-electron chi connectivity index (χ1n) is 10.5. The largest absolute Gasteiger partial charge is 0.343 e. The van der Waals surface area contributed by atoms with Crippen molar-refractivity contribution in [3.05, 3.63) is 87.3 Å². The number of fused-ring (bicyclic) bond motifs is 1. The zero-order valence-corrected chi connectivity index (χ0v) is 18.7. The molecule has 0 saturated carbocycles. The number of benzene rings is 2. The predicted molar refractivity (Wildman–Crippen MR) is 125 cm³/mol. The van der Waals surface area contributed by atoms with E-state index in [1.165, 1.54) is 0 Å². The average molecular weight is 432 g/mol. The van der Waals surface area contributed by atoms with Crippen LogP contribution in [0.25, 0.3) is 5.69 Å². The predicted octanol–water partition coefficient (Wildman–Crippen LogP) is 5.09. The Labute approximate surface area is 185 Å². The first kappa shape index (κ1) is 19.9. The van der Waals surface area contributed by atoms with Crippen LogP contribution in [0.4, 0.5) is 5.82 Å². The molecule has 1 aliphatic carbocycles. The van der Waals surface area contributed by atoms with Crippen molar-refractivity contribution in [1.29, 1.82) is 0 Å². The molecule has 2 heterocycles. The van der Waals surface area contributed by atoms with Crippen molar-refractivity contribution in [1.82, 2.24) is 9.78 Å². The van der Waals surface area contributed by atoms with Gasteiger partial charge in [0.1, 0.15) is 5.82 Å². The summed E-state index contributed by atoms with van der Waals surface area (Å²) < 4.78 is 1.56. The standard InChI is InChI=1S/C25H25N3O2S/c1-25(2)13-18-21(19(29)14-25)20(15-9-11-17(31-3)12-10-15)22-23(26-18)27-28(24(22)30)16-7-5-4-6-8-16/h4-12,20,26-27H,13-14H2,1-3H3. The molecule has 5 nitrogen and oxygen atoms in total. The number of carbonyl (C=O) groups excluding carboxylic acids is 1. The van der Waals surface area contributed by atoms with Gasteiger partial charge in [-0.15, -0.1) is 11.8 Å². The van der Waals surface area contributed by atoms with Crippen molar-refractivity contribution in [2.75, 3.05) is 11.6 Å². The Kier molecular flexibility index (Phi) is 4.70. The first-order valence-corrected chi connectivity index (χ1v) is 11.7. The van der Waals surface area contributed by atoms with Gasteiger partial charge in [-0.2, -0.15) is 0 Å². The number of para-hydroxylation sites is 1. The molecule has 1 atom stereocenters. The van der Waals surface area contributed by atoms with Crippen molar-refractivity contribution in [3.63, 3.8) is 0 Å². The highest BCUT2D eigenvalue weighted by atomic mass is 32.2. The van der Waals surface area contributed by atoms with E-state index < -0.39 is 0 Å². The van der Waals surface area contributed by atoms with Gasteiger partial charge in [-0.3, -0.25) is 14.7 Å². The van der Waals surface area contributed by atoms with E-state index in [2.05, 4.69) is 36.4 Å². The topological polar surface area (TPSA) is 66.9 Å². The number of nitrogens with one attached hydrogen (secondary N) is 2. The van der Waals surface area contributed by atoms with E-state index >= 15 is 0 Å². The fourth-order valence-corrected chi connectivity index (χ4v) is 5.19. The third-order valence-electron chi connectivity index (χ3n) is 6.16. The molecule has 5 rings (SSSR count). The molecule has 0 bridgehead atoms. The number of H-pyrrole nitrogens is 1. The van der Waals surface area contributed by atoms with Crippen LogP contribution >= 0.6 is 11.8 Å². The molecule has 31 heavy (non-hydrogen) atoms. The lowest BCUT2D eigenvalue weighted by Gasteiger charge is -2.37. The molecule has 3 aromatic rings. The van der Waals surface area contributed by atoms with Gasteiger partial charge in [0, 0.05) is 28.5 Å². The van der Waals surface area contributed by atoms with Crippen LogP contribution in [-0.4, -0.2) is 21.8 Å². The summed E-state index contributed by atoms with van der Waals surface area (Å²) in [5.41, 5.74) is 3.76. The minimum absolute atomic E-state index is 0.115. The summed E-state index contributed by atoms with van der Waals surface area (Å²) in [6, 6.07) is 17.7. The number of hydrogen-bond acceptors (Lipinski definition) is 4. The minimum atomic E-state index is -0.375. The van der Waals surface area contributed by atoms with E-state index in [1.54, 1.807) is 16.4 Å². The summed E-state index contributed by atoms with van der Waals surface area (Å²) >= 11 is 1.67. The number of anilines is 1. The summed E-state index contributed by atoms with van der Waals surface area (Å²) in [6.45, 7) is 4.23. The highest BCUT2D eigenvalue weighted by molar-refractivity contribution is 7.98. The SMILES string of the molecule is CSc1ccc(C2C3=C(CC(C)(C)CC3=O)Nc3[nH]n(-c4ccccc4)c(=O)c32)cc1. The number of rotatable bonds is 3. The zero-order valence-electron chi connectivity index (χ0n) is 17.9. The number of ketones is 1. The van der Waals surface area contributed by atoms with Gasteiger partial charge < -0.3 is 5.32 Å². The fraction of sp³-hybridized carbons (Fsp3) is 0.280. The van der Waals surface area contributed by atoms with Gasteiger partial charge in [-0.1, -0.05) is 44.2 Å². The molecule has 0 spiro atoms. The molecular weight excluding hydrogens is 406 g/mol. The first-order chi connectivity index (χ1) is 14.9. The number of allylic oxidation sites excluding steroid dienone is 2. The summed E-state index contributed by atoms with van der Waals surface area (Å²) in [5, 5.41) is 6.68. The van der Waals surface area contributed by atoms with Crippen LogP contribution in [0.5, 0.6) is 0 Å². The van der Waals surface area contributed by atoms with E-state index in [1.807, 2.05) is 48.7 Å². The normalized spacial score (nSPS) is 19.6. The maximum atomic E-state index is 13.6. The summed E-state index contributed by atoms with van der Waals surface area (Å²) in [4.78, 5) is 28.1.